The lowest BCUT2D eigenvalue weighted by atomic mass is 9.61. The maximum absolute atomic E-state index is 12.5. The van der Waals surface area contributed by atoms with Crippen molar-refractivity contribution in [3.05, 3.63) is 17.8 Å². The first-order chi connectivity index (χ1) is 13.2. The molecule has 3 fully saturated rings. The average Bonchev–Trinajstić information content (AvgIpc) is 2.98. The molecular formula is C17H19F3N4O4. The number of carbonyl (C=O) groups is 2. The Kier molecular flexibility index (Phi) is 4.54. The molecule has 3 heterocycles. The van der Waals surface area contributed by atoms with E-state index in [0.717, 1.165) is 18.9 Å². The van der Waals surface area contributed by atoms with Gasteiger partial charge in [0.05, 0.1) is 6.04 Å². The lowest BCUT2D eigenvalue weighted by Crippen LogP contribution is -2.65. The molecule has 1 N–H and O–H groups in total. The molecule has 3 aliphatic rings. The standard InChI is InChI=1S/C17H19F3N4O4/c18-17(19,20)12-2-3-13(23-22-12)28-11-5-16(6-11)8-24(9-16)14(25)4-1-10-7-27-15(26)21-10/h2-3,10-11H,1,4-9H2,(H,21,26)/t10-/m1/s1. The molecule has 1 aromatic rings. The normalized spacial score (nSPS) is 23.6. The molecule has 2 saturated heterocycles. The van der Waals surface area contributed by atoms with E-state index >= 15 is 0 Å². The molecule has 11 heteroatoms. The summed E-state index contributed by atoms with van der Waals surface area (Å²) in [4.78, 5) is 24.9. The number of cyclic esters (lactones) is 1. The first kappa shape index (κ1) is 18.8. The van der Waals surface area contributed by atoms with Crippen LogP contribution >= 0.6 is 0 Å². The summed E-state index contributed by atoms with van der Waals surface area (Å²) in [6.45, 7) is 1.59. The quantitative estimate of drug-likeness (QED) is 0.810. The summed E-state index contributed by atoms with van der Waals surface area (Å²) in [6.07, 6.45) is -2.74. The number of alkyl halides is 3. The van der Waals surface area contributed by atoms with E-state index in [-0.39, 0.29) is 29.3 Å². The minimum absolute atomic E-state index is 0.0321. The van der Waals surface area contributed by atoms with Gasteiger partial charge < -0.3 is 19.7 Å². The van der Waals surface area contributed by atoms with E-state index in [2.05, 4.69) is 15.5 Å². The highest BCUT2D eigenvalue weighted by atomic mass is 19.4. The summed E-state index contributed by atoms with van der Waals surface area (Å²) in [6, 6.07) is 1.90. The van der Waals surface area contributed by atoms with Gasteiger partial charge in [-0.15, -0.1) is 10.2 Å². The van der Waals surface area contributed by atoms with Gasteiger partial charge in [-0.25, -0.2) is 4.79 Å². The predicted molar refractivity (Wildman–Crippen MR) is 87.2 cm³/mol. The Bertz CT molecular complexity index is 757. The van der Waals surface area contributed by atoms with E-state index in [0.29, 0.717) is 32.5 Å². The molecular weight excluding hydrogens is 381 g/mol. The van der Waals surface area contributed by atoms with E-state index in [4.69, 9.17) is 9.47 Å². The Morgan fingerprint density at radius 1 is 1.32 bits per heavy atom. The minimum Gasteiger partial charge on any atom is -0.473 e. The van der Waals surface area contributed by atoms with Gasteiger partial charge in [0.2, 0.25) is 11.8 Å². The average molecular weight is 400 g/mol. The third kappa shape index (κ3) is 3.83. The van der Waals surface area contributed by atoms with Crippen molar-refractivity contribution in [3.63, 3.8) is 0 Å². The van der Waals surface area contributed by atoms with Crippen LogP contribution in [0.4, 0.5) is 18.0 Å². The molecule has 0 unspecified atom stereocenters. The number of ether oxygens (including phenoxy) is 2. The van der Waals surface area contributed by atoms with E-state index in [1.165, 1.54) is 6.07 Å². The topological polar surface area (TPSA) is 93.7 Å². The zero-order chi connectivity index (χ0) is 19.9. The van der Waals surface area contributed by atoms with Crippen molar-refractivity contribution >= 4 is 12.0 Å². The largest absolute Gasteiger partial charge is 0.473 e. The molecule has 4 rings (SSSR count). The van der Waals surface area contributed by atoms with Crippen molar-refractivity contribution in [2.75, 3.05) is 19.7 Å². The molecule has 2 aliphatic heterocycles. The Morgan fingerprint density at radius 3 is 2.64 bits per heavy atom. The molecule has 0 radical (unpaired) electrons. The van der Waals surface area contributed by atoms with Crippen LogP contribution in [0.15, 0.2) is 12.1 Å². The highest BCUT2D eigenvalue weighted by Gasteiger charge is 2.54. The van der Waals surface area contributed by atoms with Crippen molar-refractivity contribution in [3.8, 4) is 5.88 Å². The van der Waals surface area contributed by atoms with Gasteiger partial charge in [-0.1, -0.05) is 0 Å². The van der Waals surface area contributed by atoms with Crippen LogP contribution in [-0.4, -0.2) is 58.9 Å². The molecule has 1 saturated carbocycles. The maximum atomic E-state index is 12.5. The maximum Gasteiger partial charge on any atom is 0.435 e. The Morgan fingerprint density at radius 2 is 2.07 bits per heavy atom. The van der Waals surface area contributed by atoms with Crippen molar-refractivity contribution in [2.45, 2.75) is 44.0 Å². The van der Waals surface area contributed by atoms with Crippen molar-refractivity contribution in [1.29, 1.82) is 0 Å². The van der Waals surface area contributed by atoms with Gasteiger partial charge in [-0.05, 0) is 25.3 Å². The Hall–Kier alpha value is -2.59. The molecule has 152 valence electrons. The fraction of sp³-hybridized carbons (Fsp3) is 0.647. The SMILES string of the molecule is O=C1N[C@H](CCC(=O)N2CC3(CC(Oc4ccc(C(F)(F)F)nn4)C3)C2)CO1. The third-order valence-electron chi connectivity index (χ3n) is 5.39. The molecule has 8 nitrogen and oxygen atoms in total. The van der Waals surface area contributed by atoms with Gasteiger partial charge in [0.1, 0.15) is 12.7 Å². The van der Waals surface area contributed by atoms with E-state index in [9.17, 15) is 22.8 Å². The lowest BCUT2D eigenvalue weighted by molar-refractivity contribution is -0.160. The van der Waals surface area contributed by atoms with Gasteiger partial charge in [0.25, 0.3) is 0 Å². The summed E-state index contributed by atoms with van der Waals surface area (Å²) in [7, 11) is 0. The van der Waals surface area contributed by atoms with Crippen LogP contribution in [0.3, 0.4) is 0 Å². The molecule has 1 spiro atoms. The summed E-state index contributed by atoms with van der Waals surface area (Å²) < 4.78 is 47.8. The molecule has 1 aliphatic carbocycles. The first-order valence-corrected chi connectivity index (χ1v) is 9.01. The molecule has 28 heavy (non-hydrogen) atoms. The van der Waals surface area contributed by atoms with Crippen LogP contribution in [0, 0.1) is 5.41 Å². The molecule has 1 atom stereocenters. The summed E-state index contributed by atoms with van der Waals surface area (Å²) in [5.41, 5.74) is -1.02. The number of alkyl carbamates (subject to hydrolysis) is 1. The van der Waals surface area contributed by atoms with Crippen molar-refractivity contribution < 1.29 is 32.2 Å². The number of hydrogen-bond acceptors (Lipinski definition) is 6. The molecule has 0 aromatic carbocycles. The number of nitrogens with one attached hydrogen (secondary N) is 1. The number of carbonyl (C=O) groups excluding carboxylic acids is 2. The van der Waals surface area contributed by atoms with Crippen LogP contribution in [0.1, 0.15) is 31.4 Å². The van der Waals surface area contributed by atoms with Crippen molar-refractivity contribution in [2.24, 2.45) is 5.41 Å². The fourth-order valence-corrected chi connectivity index (χ4v) is 3.93. The second-order valence-corrected chi connectivity index (χ2v) is 7.63. The zero-order valence-corrected chi connectivity index (χ0v) is 14.9. The van der Waals surface area contributed by atoms with Crippen LogP contribution in [0.2, 0.25) is 0 Å². The van der Waals surface area contributed by atoms with Crippen LogP contribution in [0.5, 0.6) is 5.88 Å². The highest BCUT2D eigenvalue weighted by Crippen LogP contribution is 2.49. The van der Waals surface area contributed by atoms with Crippen LogP contribution in [-0.2, 0) is 15.7 Å². The second-order valence-electron chi connectivity index (χ2n) is 7.63. The van der Waals surface area contributed by atoms with Gasteiger partial charge in [0, 0.05) is 31.0 Å². The van der Waals surface area contributed by atoms with E-state index in [1.807, 2.05) is 0 Å². The predicted octanol–water partition coefficient (Wildman–Crippen LogP) is 1.75. The fourth-order valence-electron chi connectivity index (χ4n) is 3.93. The first-order valence-electron chi connectivity index (χ1n) is 9.01. The van der Waals surface area contributed by atoms with Crippen LogP contribution < -0.4 is 10.1 Å². The van der Waals surface area contributed by atoms with Gasteiger partial charge >= 0.3 is 12.3 Å². The van der Waals surface area contributed by atoms with Crippen LogP contribution in [0.25, 0.3) is 0 Å². The van der Waals surface area contributed by atoms with Gasteiger partial charge in [-0.2, -0.15) is 13.2 Å². The molecule has 1 aromatic heterocycles. The highest BCUT2D eigenvalue weighted by molar-refractivity contribution is 5.77. The van der Waals surface area contributed by atoms with E-state index < -0.39 is 18.0 Å². The molecule has 2 amide bonds. The number of hydrogen-bond donors (Lipinski definition) is 1. The number of halogens is 3. The number of likely N-dealkylation sites (tertiary alicyclic amines) is 1. The third-order valence-corrected chi connectivity index (χ3v) is 5.39. The summed E-state index contributed by atoms with van der Waals surface area (Å²) >= 11 is 0. The zero-order valence-electron chi connectivity index (χ0n) is 14.9. The minimum atomic E-state index is -4.52. The summed E-state index contributed by atoms with van der Waals surface area (Å²) in [5, 5.41) is 9.25. The summed E-state index contributed by atoms with van der Waals surface area (Å²) in [5.74, 6) is 0.116. The van der Waals surface area contributed by atoms with Gasteiger partial charge in [0.15, 0.2) is 5.69 Å². The number of nitrogens with zero attached hydrogens (tertiary/aromatic N) is 3. The molecule has 0 bridgehead atoms. The number of amides is 2. The smallest absolute Gasteiger partial charge is 0.435 e. The Balaban J connectivity index is 1.17. The van der Waals surface area contributed by atoms with E-state index in [1.54, 1.807) is 4.90 Å². The number of aromatic nitrogens is 2. The second kappa shape index (κ2) is 6.78. The monoisotopic (exact) mass is 400 g/mol. The number of rotatable bonds is 5. The lowest BCUT2D eigenvalue weighted by Gasteiger charge is -2.58. The Labute approximate surface area is 158 Å². The van der Waals surface area contributed by atoms with Crippen molar-refractivity contribution in [1.82, 2.24) is 20.4 Å². The van der Waals surface area contributed by atoms with Gasteiger partial charge in [-0.3, -0.25) is 4.79 Å².